The Morgan fingerprint density at radius 3 is 2.27 bits per heavy atom. The number of aromatic nitrogens is 2. The molecule has 1 aliphatic heterocycles. The average Bonchev–Trinajstić information content (AvgIpc) is 2.95. The third-order valence-electron chi connectivity index (χ3n) is 4.36. The molecule has 4 rings (SSSR count). The van der Waals surface area contributed by atoms with Crippen LogP contribution < -0.4 is 10.2 Å². The van der Waals surface area contributed by atoms with E-state index in [0.717, 1.165) is 22.9 Å². The van der Waals surface area contributed by atoms with Crippen molar-refractivity contribution in [2.75, 3.05) is 16.8 Å². The highest BCUT2D eigenvalue weighted by molar-refractivity contribution is 7.99. The molecule has 6 heteroatoms. The first-order chi connectivity index (χ1) is 12.6. The van der Waals surface area contributed by atoms with Gasteiger partial charge in [-0.2, -0.15) is 5.10 Å². The van der Waals surface area contributed by atoms with Crippen LogP contribution in [-0.4, -0.2) is 22.2 Å². The number of hydrogen-bond donors (Lipinski definition) is 1. The molecule has 1 aliphatic rings. The van der Waals surface area contributed by atoms with Crippen LogP contribution in [0.2, 0.25) is 0 Å². The van der Waals surface area contributed by atoms with Crippen molar-refractivity contribution in [3.05, 3.63) is 60.3 Å². The molecule has 132 valence electrons. The smallest absolute Gasteiger partial charge is 0.227 e. The summed E-state index contributed by atoms with van der Waals surface area (Å²) in [4.78, 5) is 17.1. The summed E-state index contributed by atoms with van der Waals surface area (Å²) in [6.07, 6.45) is 0.400. The number of aryl methyl sites for hydroxylation is 2. The Kier molecular flexibility index (Phi) is 4.42. The molecule has 1 aromatic heterocycles. The molecule has 0 bridgehead atoms. The van der Waals surface area contributed by atoms with Crippen molar-refractivity contribution in [1.82, 2.24) is 9.78 Å². The van der Waals surface area contributed by atoms with Crippen LogP contribution in [0.5, 0.6) is 0 Å². The van der Waals surface area contributed by atoms with Gasteiger partial charge in [0.1, 0.15) is 5.82 Å². The summed E-state index contributed by atoms with van der Waals surface area (Å²) in [5.41, 5.74) is 3.19. The number of carbonyl (C=O) groups excluding carboxylic acids is 1. The van der Waals surface area contributed by atoms with Gasteiger partial charge in [-0.3, -0.25) is 9.48 Å². The van der Waals surface area contributed by atoms with Crippen LogP contribution in [0.15, 0.2) is 64.4 Å². The zero-order valence-electron chi connectivity index (χ0n) is 14.8. The maximum Gasteiger partial charge on any atom is 0.227 e. The van der Waals surface area contributed by atoms with Gasteiger partial charge in [0.25, 0.3) is 0 Å². The van der Waals surface area contributed by atoms with E-state index in [1.165, 1.54) is 9.79 Å². The molecule has 1 N–H and O–H groups in total. The minimum Gasteiger partial charge on any atom is -0.339 e. The molecular weight excluding hydrogens is 344 g/mol. The topological polar surface area (TPSA) is 50.2 Å². The zero-order chi connectivity index (χ0) is 18.1. The molecule has 2 heterocycles. The van der Waals surface area contributed by atoms with Gasteiger partial charge in [0.15, 0.2) is 0 Å². The van der Waals surface area contributed by atoms with Gasteiger partial charge in [0.2, 0.25) is 5.91 Å². The number of para-hydroxylation sites is 2. The summed E-state index contributed by atoms with van der Waals surface area (Å²) in [5.74, 6) is 0.712. The molecule has 0 fully saturated rings. The van der Waals surface area contributed by atoms with Crippen molar-refractivity contribution >= 4 is 34.9 Å². The van der Waals surface area contributed by atoms with Gasteiger partial charge < -0.3 is 10.2 Å². The largest absolute Gasteiger partial charge is 0.339 e. The van der Waals surface area contributed by atoms with Crippen molar-refractivity contribution in [3.8, 4) is 0 Å². The molecule has 2 aromatic carbocycles. The fourth-order valence-corrected chi connectivity index (χ4v) is 4.26. The van der Waals surface area contributed by atoms with Crippen LogP contribution in [0, 0.1) is 6.92 Å². The number of anilines is 3. The van der Waals surface area contributed by atoms with E-state index in [0.29, 0.717) is 13.0 Å². The lowest BCUT2D eigenvalue weighted by Crippen LogP contribution is -2.26. The van der Waals surface area contributed by atoms with Crippen LogP contribution in [0.1, 0.15) is 12.1 Å². The second-order valence-electron chi connectivity index (χ2n) is 6.28. The Morgan fingerprint density at radius 2 is 1.69 bits per heavy atom. The Hall–Kier alpha value is -2.73. The summed E-state index contributed by atoms with van der Waals surface area (Å²) in [7, 11) is 1.83. The van der Waals surface area contributed by atoms with E-state index in [-0.39, 0.29) is 5.91 Å². The van der Waals surface area contributed by atoms with Gasteiger partial charge in [-0.05, 0) is 31.2 Å². The van der Waals surface area contributed by atoms with Crippen molar-refractivity contribution in [3.63, 3.8) is 0 Å². The number of rotatable bonds is 4. The molecule has 0 unspecified atom stereocenters. The summed E-state index contributed by atoms with van der Waals surface area (Å²) in [6, 6.07) is 18.5. The molecule has 0 spiro atoms. The molecule has 0 atom stereocenters. The van der Waals surface area contributed by atoms with Gasteiger partial charge in [-0.15, -0.1) is 0 Å². The van der Waals surface area contributed by atoms with E-state index >= 15 is 0 Å². The van der Waals surface area contributed by atoms with Crippen molar-refractivity contribution < 1.29 is 4.79 Å². The molecule has 1 amide bonds. The van der Waals surface area contributed by atoms with Crippen LogP contribution in [0.4, 0.5) is 17.2 Å². The maximum absolute atomic E-state index is 12.5. The summed E-state index contributed by atoms with van der Waals surface area (Å²) in [6.45, 7) is 2.53. The van der Waals surface area contributed by atoms with Crippen LogP contribution in [-0.2, 0) is 11.8 Å². The Balaban J connectivity index is 1.53. The molecule has 0 saturated carbocycles. The third-order valence-corrected chi connectivity index (χ3v) is 5.49. The van der Waals surface area contributed by atoms with E-state index in [1.807, 2.05) is 32.2 Å². The van der Waals surface area contributed by atoms with Gasteiger partial charge in [0.05, 0.1) is 17.1 Å². The van der Waals surface area contributed by atoms with Gasteiger partial charge in [-0.1, -0.05) is 36.0 Å². The average molecular weight is 364 g/mol. The second-order valence-corrected chi connectivity index (χ2v) is 7.37. The molecule has 0 saturated heterocycles. The van der Waals surface area contributed by atoms with Crippen molar-refractivity contribution in [2.45, 2.75) is 23.1 Å². The maximum atomic E-state index is 12.5. The van der Waals surface area contributed by atoms with Crippen molar-refractivity contribution in [1.29, 1.82) is 0 Å². The van der Waals surface area contributed by atoms with Crippen LogP contribution >= 0.6 is 11.8 Å². The van der Waals surface area contributed by atoms with Crippen LogP contribution in [0.3, 0.4) is 0 Å². The van der Waals surface area contributed by atoms with Crippen LogP contribution in [0.25, 0.3) is 0 Å². The first-order valence-electron chi connectivity index (χ1n) is 8.56. The zero-order valence-corrected chi connectivity index (χ0v) is 15.6. The van der Waals surface area contributed by atoms with E-state index < -0.39 is 0 Å². The first kappa shape index (κ1) is 16.7. The standard InChI is InChI=1S/C20H20N4OS/c1-14-13-19(23(2)22-14)21-20(25)11-12-24-15-7-3-5-9-17(15)26-18-10-6-4-8-16(18)24/h3-10,13H,11-12H2,1-2H3,(H,21,25). The lowest BCUT2D eigenvalue weighted by atomic mass is 10.2. The number of fused-ring (bicyclic) bond motifs is 2. The second kappa shape index (κ2) is 6.88. The van der Waals surface area contributed by atoms with Gasteiger partial charge in [0, 0.05) is 35.9 Å². The molecular formula is C20H20N4OS. The Morgan fingerprint density at radius 1 is 1.08 bits per heavy atom. The van der Waals surface area contributed by atoms with E-state index in [9.17, 15) is 4.79 Å². The highest BCUT2D eigenvalue weighted by atomic mass is 32.2. The Bertz CT molecular complexity index is 920. The number of benzene rings is 2. The van der Waals surface area contributed by atoms with Gasteiger partial charge >= 0.3 is 0 Å². The highest BCUT2D eigenvalue weighted by Crippen LogP contribution is 2.47. The lowest BCUT2D eigenvalue weighted by Gasteiger charge is -2.32. The fraction of sp³-hybridized carbons (Fsp3) is 0.200. The van der Waals surface area contributed by atoms with E-state index in [1.54, 1.807) is 16.4 Å². The number of amides is 1. The SMILES string of the molecule is Cc1cc(NC(=O)CCN2c3ccccc3Sc3ccccc32)n(C)n1. The number of carbonyl (C=O) groups is 1. The highest BCUT2D eigenvalue weighted by Gasteiger charge is 2.23. The lowest BCUT2D eigenvalue weighted by molar-refractivity contribution is -0.116. The van der Waals surface area contributed by atoms with Crippen molar-refractivity contribution in [2.24, 2.45) is 7.05 Å². The molecule has 3 aromatic rings. The normalized spacial score (nSPS) is 12.5. The fourth-order valence-electron chi connectivity index (χ4n) is 3.17. The number of nitrogens with one attached hydrogen (secondary N) is 1. The molecule has 5 nitrogen and oxygen atoms in total. The van der Waals surface area contributed by atoms with Gasteiger partial charge in [-0.25, -0.2) is 0 Å². The predicted molar refractivity (Wildman–Crippen MR) is 105 cm³/mol. The monoisotopic (exact) mass is 364 g/mol. The summed E-state index contributed by atoms with van der Waals surface area (Å²) >= 11 is 1.77. The summed E-state index contributed by atoms with van der Waals surface area (Å²) < 4.78 is 1.69. The minimum absolute atomic E-state index is 0.0128. The first-order valence-corrected chi connectivity index (χ1v) is 9.37. The third kappa shape index (κ3) is 3.20. The van der Waals surface area contributed by atoms with E-state index in [4.69, 9.17) is 0 Å². The number of nitrogens with zero attached hydrogens (tertiary/aromatic N) is 3. The quantitative estimate of drug-likeness (QED) is 0.747. The minimum atomic E-state index is -0.0128. The molecule has 0 aliphatic carbocycles. The summed E-state index contributed by atoms with van der Waals surface area (Å²) in [5, 5.41) is 7.21. The Labute approximate surface area is 157 Å². The predicted octanol–water partition coefficient (Wildman–Crippen LogP) is 4.36. The molecule has 26 heavy (non-hydrogen) atoms. The molecule has 0 radical (unpaired) electrons. The number of hydrogen-bond acceptors (Lipinski definition) is 4. The van der Waals surface area contributed by atoms with E-state index in [2.05, 4.69) is 51.7 Å².